The van der Waals surface area contributed by atoms with Crippen molar-refractivity contribution >= 4 is 40.1 Å². The number of Topliss-reactive ketones (excluding diaryl/α,β-unsaturated/α-hetero) is 1. The molecule has 0 aliphatic heterocycles. The van der Waals surface area contributed by atoms with Crippen molar-refractivity contribution in [2.45, 2.75) is 16.6 Å². The molecule has 2 aromatic carbocycles. The molecule has 3 rings (SSSR count). The van der Waals surface area contributed by atoms with E-state index in [0.717, 1.165) is 19.7 Å². The van der Waals surface area contributed by atoms with Gasteiger partial charge < -0.3 is 0 Å². The SMILES string of the molecule is O=C(Cc1ccc(I)cn1)C(Sc1ccccc1)c1ccccc1. The van der Waals surface area contributed by atoms with E-state index < -0.39 is 0 Å². The predicted octanol–water partition coefficient (Wildman–Crippen LogP) is 5.33. The van der Waals surface area contributed by atoms with Gasteiger partial charge in [0.15, 0.2) is 5.78 Å². The second kappa shape index (κ2) is 8.44. The van der Waals surface area contributed by atoms with E-state index in [0.29, 0.717) is 6.42 Å². The zero-order valence-corrected chi connectivity index (χ0v) is 15.9. The van der Waals surface area contributed by atoms with Gasteiger partial charge in [0.25, 0.3) is 0 Å². The Kier molecular flexibility index (Phi) is 6.04. The van der Waals surface area contributed by atoms with Crippen LogP contribution in [0.3, 0.4) is 0 Å². The minimum Gasteiger partial charge on any atom is -0.298 e. The lowest BCUT2D eigenvalue weighted by Crippen LogP contribution is -2.13. The number of hydrogen-bond acceptors (Lipinski definition) is 3. The first kappa shape index (κ1) is 17.2. The molecule has 0 fully saturated rings. The highest BCUT2D eigenvalue weighted by molar-refractivity contribution is 14.1. The molecular weight excluding hydrogens is 429 g/mol. The molecule has 0 N–H and O–H groups in total. The molecule has 0 saturated heterocycles. The van der Waals surface area contributed by atoms with Gasteiger partial charge in [0.05, 0.1) is 11.7 Å². The molecular formula is C20H16INOS. The number of hydrogen-bond donors (Lipinski definition) is 0. The zero-order valence-electron chi connectivity index (χ0n) is 12.9. The predicted molar refractivity (Wildman–Crippen MR) is 107 cm³/mol. The highest BCUT2D eigenvalue weighted by Crippen LogP contribution is 2.36. The van der Waals surface area contributed by atoms with E-state index in [9.17, 15) is 4.79 Å². The summed E-state index contributed by atoms with van der Waals surface area (Å²) in [5, 5.41) is -0.227. The first-order valence-corrected chi connectivity index (χ1v) is 9.58. The number of aromatic nitrogens is 1. The summed E-state index contributed by atoms with van der Waals surface area (Å²) in [7, 11) is 0. The Morgan fingerprint density at radius 1 is 0.958 bits per heavy atom. The molecule has 0 saturated carbocycles. The monoisotopic (exact) mass is 445 g/mol. The van der Waals surface area contributed by atoms with Crippen LogP contribution in [0, 0.1) is 3.57 Å². The maximum absolute atomic E-state index is 12.9. The first-order valence-electron chi connectivity index (χ1n) is 7.62. The van der Waals surface area contributed by atoms with Gasteiger partial charge >= 0.3 is 0 Å². The molecule has 1 unspecified atom stereocenters. The van der Waals surface area contributed by atoms with Crippen LogP contribution in [0.5, 0.6) is 0 Å². The number of nitrogens with zero attached hydrogens (tertiary/aromatic N) is 1. The summed E-state index contributed by atoms with van der Waals surface area (Å²) in [5.74, 6) is 0.170. The average Bonchev–Trinajstić information content (AvgIpc) is 2.63. The number of ketones is 1. The highest BCUT2D eigenvalue weighted by Gasteiger charge is 2.22. The Morgan fingerprint density at radius 3 is 2.25 bits per heavy atom. The molecule has 0 aliphatic rings. The number of carbonyl (C=O) groups is 1. The summed E-state index contributed by atoms with van der Waals surface area (Å²) in [6.07, 6.45) is 2.14. The van der Waals surface area contributed by atoms with Crippen molar-refractivity contribution in [3.8, 4) is 0 Å². The molecule has 0 bridgehead atoms. The van der Waals surface area contributed by atoms with Crippen molar-refractivity contribution in [2.24, 2.45) is 0 Å². The number of carbonyl (C=O) groups excluding carboxylic acids is 1. The third-order valence-electron chi connectivity index (χ3n) is 3.54. The van der Waals surface area contributed by atoms with Crippen molar-refractivity contribution in [1.82, 2.24) is 4.98 Å². The fourth-order valence-electron chi connectivity index (χ4n) is 2.36. The summed E-state index contributed by atoms with van der Waals surface area (Å²) in [6.45, 7) is 0. The van der Waals surface area contributed by atoms with E-state index in [4.69, 9.17) is 0 Å². The molecule has 0 spiro atoms. The fourth-order valence-corrected chi connectivity index (χ4v) is 3.78. The normalized spacial score (nSPS) is 11.9. The lowest BCUT2D eigenvalue weighted by atomic mass is 10.0. The highest BCUT2D eigenvalue weighted by atomic mass is 127. The van der Waals surface area contributed by atoms with Crippen molar-refractivity contribution < 1.29 is 4.79 Å². The van der Waals surface area contributed by atoms with Crippen molar-refractivity contribution in [3.63, 3.8) is 0 Å². The van der Waals surface area contributed by atoms with Crippen LogP contribution in [0.2, 0.25) is 0 Å². The topological polar surface area (TPSA) is 30.0 Å². The van der Waals surface area contributed by atoms with Gasteiger partial charge in [-0.3, -0.25) is 9.78 Å². The lowest BCUT2D eigenvalue weighted by Gasteiger charge is -2.16. The van der Waals surface area contributed by atoms with Gasteiger partial charge in [-0.2, -0.15) is 0 Å². The Bertz CT molecular complexity index is 791. The molecule has 4 heteroatoms. The molecule has 0 radical (unpaired) electrons. The largest absolute Gasteiger partial charge is 0.298 e. The van der Waals surface area contributed by atoms with Crippen molar-refractivity contribution in [2.75, 3.05) is 0 Å². The maximum atomic E-state index is 12.9. The minimum absolute atomic E-state index is 0.170. The molecule has 1 atom stereocenters. The molecule has 1 aromatic heterocycles. The van der Waals surface area contributed by atoms with E-state index in [1.807, 2.05) is 72.8 Å². The molecule has 120 valence electrons. The third-order valence-corrected chi connectivity index (χ3v) is 5.49. The Labute approximate surface area is 159 Å². The van der Waals surface area contributed by atoms with Crippen LogP contribution >= 0.6 is 34.4 Å². The van der Waals surface area contributed by atoms with Gasteiger partial charge in [-0.1, -0.05) is 48.5 Å². The lowest BCUT2D eigenvalue weighted by molar-refractivity contribution is -0.118. The Balaban J connectivity index is 1.83. The van der Waals surface area contributed by atoms with Gasteiger partial charge in [-0.05, 0) is 52.4 Å². The van der Waals surface area contributed by atoms with E-state index in [-0.39, 0.29) is 11.0 Å². The van der Waals surface area contributed by atoms with Gasteiger partial charge in [0.2, 0.25) is 0 Å². The molecule has 1 heterocycles. The quantitative estimate of drug-likeness (QED) is 0.380. The van der Waals surface area contributed by atoms with Crippen molar-refractivity contribution in [3.05, 3.63) is 93.8 Å². The van der Waals surface area contributed by atoms with E-state index >= 15 is 0 Å². The van der Waals surface area contributed by atoms with Crippen LogP contribution in [0.15, 0.2) is 83.9 Å². The van der Waals surface area contributed by atoms with Crippen molar-refractivity contribution in [1.29, 1.82) is 0 Å². The van der Waals surface area contributed by atoms with E-state index in [2.05, 4.69) is 27.6 Å². The molecule has 2 nitrogen and oxygen atoms in total. The Hall–Kier alpha value is -1.66. The van der Waals surface area contributed by atoms with Gasteiger partial charge in [-0.25, -0.2) is 0 Å². The first-order chi connectivity index (χ1) is 11.7. The second-order valence-corrected chi connectivity index (χ2v) is 7.76. The summed E-state index contributed by atoms with van der Waals surface area (Å²) >= 11 is 3.81. The summed E-state index contributed by atoms with van der Waals surface area (Å²) in [5.41, 5.74) is 1.84. The molecule has 0 aliphatic carbocycles. The molecule has 3 aromatic rings. The second-order valence-electron chi connectivity index (χ2n) is 5.33. The van der Waals surface area contributed by atoms with Gasteiger partial charge in [0.1, 0.15) is 0 Å². The summed E-state index contributed by atoms with van der Waals surface area (Å²) in [4.78, 5) is 18.4. The number of pyridine rings is 1. The number of thioether (sulfide) groups is 1. The Morgan fingerprint density at radius 2 is 1.62 bits per heavy atom. The number of benzene rings is 2. The third kappa shape index (κ3) is 4.68. The van der Waals surface area contributed by atoms with E-state index in [1.54, 1.807) is 18.0 Å². The maximum Gasteiger partial charge on any atom is 0.156 e. The van der Waals surface area contributed by atoms with Gasteiger partial charge in [-0.15, -0.1) is 11.8 Å². The van der Waals surface area contributed by atoms with Crippen LogP contribution in [-0.2, 0) is 11.2 Å². The summed E-state index contributed by atoms with van der Waals surface area (Å²) < 4.78 is 1.07. The molecule has 24 heavy (non-hydrogen) atoms. The minimum atomic E-state index is -0.227. The smallest absolute Gasteiger partial charge is 0.156 e. The van der Waals surface area contributed by atoms with Crippen LogP contribution in [-0.4, -0.2) is 10.8 Å². The van der Waals surface area contributed by atoms with Crippen LogP contribution < -0.4 is 0 Å². The summed E-state index contributed by atoms with van der Waals surface area (Å²) in [6, 6.07) is 23.9. The zero-order chi connectivity index (χ0) is 16.8. The number of rotatable bonds is 6. The number of halogens is 1. The van der Waals surface area contributed by atoms with Crippen LogP contribution in [0.1, 0.15) is 16.5 Å². The molecule has 0 amide bonds. The van der Waals surface area contributed by atoms with Crippen LogP contribution in [0.25, 0.3) is 0 Å². The fraction of sp³-hybridized carbons (Fsp3) is 0.100. The standard InChI is InChI=1S/C20H16INOS/c21-16-11-12-17(22-14-16)13-19(23)20(15-7-3-1-4-8-15)24-18-9-5-2-6-10-18/h1-12,14,20H,13H2. The van der Waals surface area contributed by atoms with Gasteiger partial charge in [0, 0.05) is 20.4 Å². The van der Waals surface area contributed by atoms with Crippen LogP contribution in [0.4, 0.5) is 0 Å². The van der Waals surface area contributed by atoms with E-state index in [1.165, 1.54) is 0 Å². The average molecular weight is 445 g/mol.